The van der Waals surface area contributed by atoms with E-state index in [0.717, 1.165) is 22.4 Å². The molecule has 0 amide bonds. The molecule has 0 aliphatic rings. The van der Waals surface area contributed by atoms with Crippen LogP contribution in [0.1, 0.15) is 0 Å². The van der Waals surface area contributed by atoms with Gasteiger partial charge in [-0.25, -0.2) is 4.98 Å². The first kappa shape index (κ1) is 8.91. The fraction of sp³-hybridized carbons (Fsp3) is 0. The van der Waals surface area contributed by atoms with Gasteiger partial charge in [0.25, 0.3) is 0 Å². The lowest BCUT2D eigenvalue weighted by Crippen LogP contribution is -1.92. The number of imidazole rings is 1. The first-order valence-corrected chi connectivity index (χ1v) is 4.97. The summed E-state index contributed by atoms with van der Waals surface area (Å²) in [4.78, 5) is 8.32. The highest BCUT2D eigenvalue weighted by molar-refractivity contribution is 5.80. The van der Waals surface area contributed by atoms with E-state index in [0.29, 0.717) is 0 Å². The standard InChI is InChI=1S/C12H10N4/c13-9-1-2-11-12(7-9)16(8-15-11)10-3-5-14-6-4-10/h1-8H,13H2. The molecule has 3 rings (SSSR count). The number of hydrogen-bond acceptors (Lipinski definition) is 3. The molecule has 3 aromatic rings. The molecule has 0 saturated carbocycles. The summed E-state index contributed by atoms with van der Waals surface area (Å²) in [5.74, 6) is 0. The topological polar surface area (TPSA) is 56.7 Å². The average Bonchev–Trinajstić information content (AvgIpc) is 2.73. The molecule has 0 radical (unpaired) electrons. The normalized spacial score (nSPS) is 10.8. The van der Waals surface area contributed by atoms with Crippen molar-refractivity contribution in [2.75, 3.05) is 5.73 Å². The van der Waals surface area contributed by atoms with E-state index in [1.165, 1.54) is 0 Å². The molecule has 0 unspecified atom stereocenters. The molecule has 78 valence electrons. The maximum Gasteiger partial charge on any atom is 0.100 e. The fourth-order valence-corrected chi connectivity index (χ4v) is 1.74. The fourth-order valence-electron chi connectivity index (χ4n) is 1.74. The molecule has 2 N–H and O–H groups in total. The second-order valence-electron chi connectivity index (χ2n) is 3.57. The van der Waals surface area contributed by atoms with Crippen LogP contribution < -0.4 is 5.73 Å². The van der Waals surface area contributed by atoms with Gasteiger partial charge in [-0.2, -0.15) is 0 Å². The van der Waals surface area contributed by atoms with Crippen LogP contribution in [0, 0.1) is 0 Å². The third kappa shape index (κ3) is 1.32. The molecular formula is C12H10N4. The van der Waals surface area contributed by atoms with E-state index in [-0.39, 0.29) is 0 Å². The first-order valence-electron chi connectivity index (χ1n) is 4.97. The Bertz CT molecular complexity index is 628. The van der Waals surface area contributed by atoms with Crippen LogP contribution in [0.3, 0.4) is 0 Å². The Morgan fingerprint density at radius 1 is 1.06 bits per heavy atom. The van der Waals surface area contributed by atoms with Gasteiger partial charge in [0.05, 0.1) is 16.7 Å². The lowest BCUT2D eigenvalue weighted by molar-refractivity contribution is 1.08. The number of nitrogens with two attached hydrogens (primary N) is 1. The summed E-state index contributed by atoms with van der Waals surface area (Å²) in [5.41, 5.74) is 9.49. The third-order valence-electron chi connectivity index (χ3n) is 2.51. The minimum atomic E-state index is 0.739. The van der Waals surface area contributed by atoms with Gasteiger partial charge in [-0.1, -0.05) is 0 Å². The highest BCUT2D eigenvalue weighted by atomic mass is 15.0. The minimum absolute atomic E-state index is 0.739. The Hall–Kier alpha value is -2.36. The second kappa shape index (κ2) is 3.34. The first-order chi connectivity index (χ1) is 7.84. The zero-order valence-corrected chi connectivity index (χ0v) is 8.54. The predicted molar refractivity (Wildman–Crippen MR) is 63.3 cm³/mol. The van der Waals surface area contributed by atoms with Gasteiger partial charge in [-0.05, 0) is 30.3 Å². The molecule has 0 saturated heterocycles. The quantitative estimate of drug-likeness (QED) is 0.625. The van der Waals surface area contributed by atoms with Crippen molar-refractivity contribution in [2.24, 2.45) is 0 Å². The summed E-state index contributed by atoms with van der Waals surface area (Å²) < 4.78 is 1.99. The number of aromatic nitrogens is 3. The Balaban J connectivity index is 2.29. The number of pyridine rings is 1. The van der Waals surface area contributed by atoms with Crippen molar-refractivity contribution >= 4 is 16.7 Å². The van der Waals surface area contributed by atoms with E-state index in [4.69, 9.17) is 5.73 Å². The Morgan fingerprint density at radius 2 is 1.88 bits per heavy atom. The molecule has 0 aliphatic heterocycles. The lowest BCUT2D eigenvalue weighted by Gasteiger charge is -2.03. The van der Waals surface area contributed by atoms with Crippen LogP contribution in [-0.4, -0.2) is 14.5 Å². The van der Waals surface area contributed by atoms with Gasteiger partial charge < -0.3 is 5.73 Å². The van der Waals surface area contributed by atoms with Crippen molar-refractivity contribution in [1.29, 1.82) is 0 Å². The predicted octanol–water partition coefficient (Wildman–Crippen LogP) is 2.00. The Kier molecular flexibility index (Phi) is 1.86. The van der Waals surface area contributed by atoms with Crippen molar-refractivity contribution in [3.8, 4) is 5.69 Å². The summed E-state index contributed by atoms with van der Waals surface area (Å²) in [6, 6.07) is 9.56. The zero-order chi connectivity index (χ0) is 11.0. The van der Waals surface area contributed by atoms with E-state index in [1.54, 1.807) is 18.7 Å². The van der Waals surface area contributed by atoms with Gasteiger partial charge in [-0.3, -0.25) is 9.55 Å². The molecule has 4 heteroatoms. The van der Waals surface area contributed by atoms with Gasteiger partial charge in [0.1, 0.15) is 6.33 Å². The monoisotopic (exact) mass is 210 g/mol. The maximum atomic E-state index is 5.78. The number of benzene rings is 1. The van der Waals surface area contributed by atoms with Crippen molar-refractivity contribution < 1.29 is 0 Å². The molecule has 0 bridgehead atoms. The van der Waals surface area contributed by atoms with Gasteiger partial charge >= 0.3 is 0 Å². The summed E-state index contributed by atoms with van der Waals surface area (Å²) in [7, 11) is 0. The molecule has 4 nitrogen and oxygen atoms in total. The van der Waals surface area contributed by atoms with Crippen LogP contribution in [0.15, 0.2) is 49.1 Å². The van der Waals surface area contributed by atoms with Gasteiger partial charge in [0.2, 0.25) is 0 Å². The third-order valence-corrected chi connectivity index (χ3v) is 2.51. The summed E-state index contributed by atoms with van der Waals surface area (Å²) >= 11 is 0. The van der Waals surface area contributed by atoms with Crippen LogP contribution in [0.25, 0.3) is 16.7 Å². The highest BCUT2D eigenvalue weighted by Crippen LogP contribution is 2.19. The van der Waals surface area contributed by atoms with Crippen LogP contribution in [0.5, 0.6) is 0 Å². The van der Waals surface area contributed by atoms with Gasteiger partial charge in [0.15, 0.2) is 0 Å². The van der Waals surface area contributed by atoms with Crippen LogP contribution in [0.2, 0.25) is 0 Å². The molecule has 0 aliphatic carbocycles. The number of rotatable bonds is 1. The molecule has 0 atom stereocenters. The SMILES string of the molecule is Nc1ccc2ncn(-c3ccncc3)c2c1. The summed E-state index contributed by atoms with van der Waals surface area (Å²) in [5, 5.41) is 0. The summed E-state index contributed by atoms with van der Waals surface area (Å²) in [6.45, 7) is 0. The molecule has 2 aromatic heterocycles. The molecule has 0 spiro atoms. The van der Waals surface area contributed by atoms with Crippen LogP contribution >= 0.6 is 0 Å². The highest BCUT2D eigenvalue weighted by Gasteiger charge is 2.03. The van der Waals surface area contributed by atoms with Crippen molar-refractivity contribution in [1.82, 2.24) is 14.5 Å². The largest absolute Gasteiger partial charge is 0.399 e. The number of hydrogen-bond donors (Lipinski definition) is 1. The van der Waals surface area contributed by atoms with Crippen molar-refractivity contribution in [2.45, 2.75) is 0 Å². The maximum absolute atomic E-state index is 5.78. The van der Waals surface area contributed by atoms with Crippen LogP contribution in [-0.2, 0) is 0 Å². The molecule has 1 aromatic carbocycles. The number of nitrogens with zero attached hydrogens (tertiary/aromatic N) is 3. The van der Waals surface area contributed by atoms with E-state index in [9.17, 15) is 0 Å². The van der Waals surface area contributed by atoms with Crippen molar-refractivity contribution in [3.63, 3.8) is 0 Å². The number of anilines is 1. The second-order valence-corrected chi connectivity index (χ2v) is 3.57. The van der Waals surface area contributed by atoms with Crippen molar-refractivity contribution in [3.05, 3.63) is 49.1 Å². The number of nitrogen functional groups attached to an aromatic ring is 1. The van der Waals surface area contributed by atoms with Gasteiger partial charge in [0, 0.05) is 18.1 Å². The Morgan fingerprint density at radius 3 is 2.69 bits per heavy atom. The van der Waals surface area contributed by atoms with Crippen LogP contribution in [0.4, 0.5) is 5.69 Å². The summed E-state index contributed by atoms with van der Waals surface area (Å²) in [6.07, 6.45) is 5.31. The van der Waals surface area contributed by atoms with E-state index >= 15 is 0 Å². The van der Waals surface area contributed by atoms with E-state index < -0.39 is 0 Å². The molecular weight excluding hydrogens is 200 g/mol. The number of fused-ring (bicyclic) bond motifs is 1. The lowest BCUT2D eigenvalue weighted by atomic mass is 10.2. The molecule has 0 fully saturated rings. The van der Waals surface area contributed by atoms with E-state index in [1.807, 2.05) is 34.9 Å². The minimum Gasteiger partial charge on any atom is -0.399 e. The Labute approximate surface area is 92.4 Å². The zero-order valence-electron chi connectivity index (χ0n) is 8.54. The average molecular weight is 210 g/mol. The van der Waals surface area contributed by atoms with E-state index in [2.05, 4.69) is 9.97 Å². The molecule has 2 heterocycles. The molecule has 16 heavy (non-hydrogen) atoms. The smallest absolute Gasteiger partial charge is 0.100 e. The van der Waals surface area contributed by atoms with Gasteiger partial charge in [-0.15, -0.1) is 0 Å².